The molecule has 0 saturated carbocycles. The molecular formula is C34H16Br2F20O. The zero-order chi connectivity index (χ0) is 43.6. The predicted molar refractivity (Wildman–Crippen MR) is 166 cm³/mol. The summed E-state index contributed by atoms with van der Waals surface area (Å²) in [6, 6.07) is 4.05. The molecule has 0 amide bonds. The van der Waals surface area contributed by atoms with Gasteiger partial charge in [0.05, 0.1) is 0 Å². The molecule has 23 heteroatoms. The maximum Gasteiger partial charge on any atom is 0.385 e. The van der Waals surface area contributed by atoms with Crippen LogP contribution < -0.4 is 4.74 Å². The van der Waals surface area contributed by atoms with Gasteiger partial charge in [-0.3, -0.25) is 0 Å². The van der Waals surface area contributed by atoms with Crippen LogP contribution in [0.4, 0.5) is 87.8 Å². The Bertz CT molecular complexity index is 1920. The lowest BCUT2D eigenvalue weighted by Gasteiger charge is -2.39. The molecule has 0 bridgehead atoms. The summed E-state index contributed by atoms with van der Waals surface area (Å²) < 4.78 is 296. The van der Waals surface area contributed by atoms with Gasteiger partial charge in [-0.25, -0.2) is 0 Å². The third kappa shape index (κ3) is 7.10. The molecule has 0 spiro atoms. The fraction of sp³-hybridized carbons (Fsp3) is 0.294. The Morgan fingerprint density at radius 2 is 0.544 bits per heavy atom. The minimum Gasteiger partial charge on any atom is -0.457 e. The van der Waals surface area contributed by atoms with Crippen molar-refractivity contribution < 1.29 is 92.5 Å². The van der Waals surface area contributed by atoms with Crippen LogP contribution in [0.2, 0.25) is 0 Å². The lowest BCUT2D eigenvalue weighted by molar-refractivity contribution is -0.407. The fourth-order valence-electron chi connectivity index (χ4n) is 4.88. The van der Waals surface area contributed by atoms with Crippen molar-refractivity contribution in [2.75, 3.05) is 0 Å². The van der Waals surface area contributed by atoms with Gasteiger partial charge >= 0.3 is 59.2 Å². The van der Waals surface area contributed by atoms with Gasteiger partial charge in [-0.15, -0.1) is 0 Å². The molecule has 0 radical (unpaired) electrons. The van der Waals surface area contributed by atoms with Gasteiger partial charge in [0.2, 0.25) is 0 Å². The van der Waals surface area contributed by atoms with Crippen molar-refractivity contribution in [3.8, 4) is 11.5 Å². The number of benzene rings is 4. The van der Waals surface area contributed by atoms with Crippen molar-refractivity contribution in [3.63, 3.8) is 0 Å². The molecule has 4 rings (SSSR count). The van der Waals surface area contributed by atoms with E-state index in [4.69, 9.17) is 4.74 Å². The molecule has 0 aromatic heterocycles. The average Bonchev–Trinajstić information content (AvgIpc) is 3.11. The van der Waals surface area contributed by atoms with Gasteiger partial charge in [-0.2, -0.15) is 87.8 Å². The summed E-state index contributed by atoms with van der Waals surface area (Å²) in [6.45, 7) is 0. The largest absolute Gasteiger partial charge is 0.457 e. The van der Waals surface area contributed by atoms with Gasteiger partial charge in [0.25, 0.3) is 0 Å². The molecule has 0 aliphatic rings. The summed E-state index contributed by atoms with van der Waals surface area (Å²) in [5.41, 5.74) is -8.29. The Morgan fingerprint density at radius 1 is 0.298 bits per heavy atom. The van der Waals surface area contributed by atoms with Crippen LogP contribution in [-0.4, -0.2) is 35.5 Å². The van der Waals surface area contributed by atoms with Gasteiger partial charge in [0, 0.05) is 31.2 Å². The monoisotopic (exact) mass is 978 g/mol. The van der Waals surface area contributed by atoms with Crippen LogP contribution in [0.25, 0.3) is 0 Å². The van der Waals surface area contributed by atoms with E-state index in [0.717, 1.165) is 12.1 Å². The molecule has 312 valence electrons. The van der Waals surface area contributed by atoms with E-state index in [1.807, 2.05) is 0 Å². The van der Waals surface area contributed by atoms with Gasteiger partial charge < -0.3 is 4.74 Å². The van der Waals surface area contributed by atoms with Crippen LogP contribution >= 0.6 is 31.9 Å². The summed E-state index contributed by atoms with van der Waals surface area (Å²) in [6.07, 6.45) is 0. The van der Waals surface area contributed by atoms with Gasteiger partial charge in [-0.05, 0) is 72.8 Å². The van der Waals surface area contributed by atoms with Crippen LogP contribution in [0.15, 0.2) is 106 Å². The Labute approximate surface area is 322 Å². The van der Waals surface area contributed by atoms with Gasteiger partial charge in [0.15, 0.2) is 0 Å². The number of ether oxygens (including phenoxy) is 1. The van der Waals surface area contributed by atoms with Gasteiger partial charge in [-0.1, -0.05) is 56.1 Å². The number of hydrogen-bond donors (Lipinski definition) is 0. The Morgan fingerprint density at radius 3 is 0.789 bits per heavy atom. The van der Waals surface area contributed by atoms with E-state index in [1.165, 1.54) is 0 Å². The highest BCUT2D eigenvalue weighted by Crippen LogP contribution is 2.63. The molecule has 0 heterocycles. The van der Waals surface area contributed by atoms with E-state index >= 15 is 0 Å². The summed E-state index contributed by atoms with van der Waals surface area (Å²) >= 11 is 5.15. The normalized spacial score (nSPS) is 14.5. The maximum atomic E-state index is 14.8. The minimum absolute atomic E-state index is 0.134. The smallest absolute Gasteiger partial charge is 0.385 e. The van der Waals surface area contributed by atoms with Gasteiger partial charge in [0.1, 0.15) is 11.5 Å². The molecule has 4 aromatic rings. The second-order valence-electron chi connectivity index (χ2n) is 11.9. The third-order valence-corrected chi connectivity index (χ3v) is 9.19. The second kappa shape index (κ2) is 14.5. The first-order chi connectivity index (χ1) is 25.7. The van der Waals surface area contributed by atoms with Crippen molar-refractivity contribution in [2.45, 2.75) is 59.2 Å². The minimum atomic E-state index is -7.47. The van der Waals surface area contributed by atoms with Crippen LogP contribution in [0.3, 0.4) is 0 Å². The standard InChI is InChI=1S/C34H16Br2F20O/c35-21-5-1-3-19(15-21)27(41,42)31(49,50)33(53,54)29(45,46)25(37,38)17-7-11-23(12-8-17)57-24-13-9-18(10-14-24)26(39,40)30(47,48)34(55,56)32(51,52)28(43,44)20-4-2-6-22(36)16-20/h1-16H. The second-order valence-corrected chi connectivity index (χ2v) is 13.7. The fourth-order valence-corrected chi connectivity index (χ4v) is 5.67. The highest BCUT2D eigenvalue weighted by atomic mass is 79.9. The first-order valence-electron chi connectivity index (χ1n) is 14.9. The molecule has 0 aliphatic carbocycles. The molecule has 1 nitrogen and oxygen atoms in total. The first-order valence-corrected chi connectivity index (χ1v) is 16.4. The maximum absolute atomic E-state index is 14.8. The van der Waals surface area contributed by atoms with Crippen LogP contribution in [-0.2, 0) is 23.7 Å². The predicted octanol–water partition coefficient (Wildman–Crippen LogP) is 14.6. The summed E-state index contributed by atoms with van der Waals surface area (Å²) in [5, 5.41) is 0. The van der Waals surface area contributed by atoms with E-state index in [1.54, 1.807) is 0 Å². The zero-order valence-corrected chi connectivity index (χ0v) is 30.1. The molecule has 57 heavy (non-hydrogen) atoms. The van der Waals surface area contributed by atoms with E-state index in [2.05, 4.69) is 31.9 Å². The van der Waals surface area contributed by atoms with Crippen molar-refractivity contribution >= 4 is 31.9 Å². The molecule has 0 aliphatic heterocycles. The molecule has 0 unspecified atom stereocenters. The Kier molecular flexibility index (Phi) is 11.7. The van der Waals surface area contributed by atoms with Crippen molar-refractivity contribution in [3.05, 3.63) is 128 Å². The highest BCUT2D eigenvalue weighted by molar-refractivity contribution is 9.10. The Balaban J connectivity index is 1.57. The topological polar surface area (TPSA) is 9.23 Å². The van der Waals surface area contributed by atoms with Crippen molar-refractivity contribution in [1.82, 2.24) is 0 Å². The van der Waals surface area contributed by atoms with Crippen molar-refractivity contribution in [2.24, 2.45) is 0 Å². The number of halogens is 22. The zero-order valence-electron chi connectivity index (χ0n) is 27.0. The Hall–Kier alpha value is -3.76. The molecule has 0 fully saturated rings. The lowest BCUT2D eigenvalue weighted by atomic mass is 9.88. The SMILES string of the molecule is FC(F)(c1ccc(Oc2ccc(C(F)(F)C(F)(F)C(F)(F)C(F)(F)C(F)(F)c3cccc(Br)c3)cc2)cc1)C(F)(F)C(F)(F)C(F)(F)C(F)(F)c1cccc(Br)c1. The number of rotatable bonds is 14. The molecule has 4 aromatic carbocycles. The van der Waals surface area contributed by atoms with Crippen LogP contribution in [0, 0.1) is 0 Å². The molecule has 0 saturated heterocycles. The molecule has 0 atom stereocenters. The van der Waals surface area contributed by atoms with Crippen LogP contribution in [0.1, 0.15) is 22.3 Å². The summed E-state index contributed by atoms with van der Waals surface area (Å²) in [5.74, 6) is -70.4. The molecule has 0 N–H and O–H groups in total. The lowest BCUT2D eigenvalue weighted by Crippen LogP contribution is -2.65. The highest BCUT2D eigenvalue weighted by Gasteiger charge is 2.88. The number of hydrogen-bond acceptors (Lipinski definition) is 1. The summed E-state index contributed by atoms with van der Waals surface area (Å²) in [4.78, 5) is 0. The third-order valence-electron chi connectivity index (χ3n) is 8.20. The first kappa shape index (κ1) is 45.9. The van der Waals surface area contributed by atoms with E-state index in [0.29, 0.717) is 12.1 Å². The van der Waals surface area contributed by atoms with Crippen LogP contribution in [0.5, 0.6) is 11.5 Å². The van der Waals surface area contributed by atoms with E-state index in [-0.39, 0.29) is 72.8 Å². The van der Waals surface area contributed by atoms with E-state index < -0.39 is 102 Å². The quantitative estimate of drug-likeness (QED) is 0.114. The molecular weight excluding hydrogens is 964 g/mol. The summed E-state index contributed by atoms with van der Waals surface area (Å²) in [7, 11) is 0. The van der Waals surface area contributed by atoms with Crippen molar-refractivity contribution in [1.29, 1.82) is 0 Å². The van der Waals surface area contributed by atoms with E-state index in [9.17, 15) is 87.8 Å². The number of alkyl halides is 20. The average molecular weight is 980 g/mol.